The third kappa shape index (κ3) is 4.45. The molecule has 2 heterocycles. The van der Waals surface area contributed by atoms with E-state index >= 15 is 0 Å². The number of rotatable bonds is 7. The molecule has 1 amide bonds. The zero-order chi connectivity index (χ0) is 20.9. The lowest BCUT2D eigenvalue weighted by Crippen LogP contribution is -2.26. The van der Waals surface area contributed by atoms with Crippen LogP contribution in [0.25, 0.3) is 5.69 Å². The Balaban J connectivity index is 1.43. The van der Waals surface area contributed by atoms with Crippen molar-refractivity contribution in [3.05, 3.63) is 59.0 Å². The molecule has 1 aromatic carbocycles. The van der Waals surface area contributed by atoms with E-state index in [2.05, 4.69) is 15.5 Å². The predicted molar refractivity (Wildman–Crippen MR) is 114 cm³/mol. The van der Waals surface area contributed by atoms with Crippen molar-refractivity contribution in [2.75, 3.05) is 6.54 Å². The number of nitrogens with zero attached hydrogens (tertiary/aromatic N) is 4. The average molecular weight is 408 g/mol. The Bertz CT molecular complexity index is 990. The first-order chi connectivity index (χ1) is 14.6. The summed E-state index contributed by atoms with van der Waals surface area (Å²) < 4.78 is 7.23. The fourth-order valence-corrected chi connectivity index (χ4v) is 3.87. The Morgan fingerprint density at radius 3 is 2.73 bits per heavy atom. The van der Waals surface area contributed by atoms with Gasteiger partial charge in [-0.3, -0.25) is 4.79 Å². The largest absolute Gasteiger partial charge is 0.351 e. The van der Waals surface area contributed by atoms with Crippen molar-refractivity contribution in [2.24, 2.45) is 0 Å². The van der Waals surface area contributed by atoms with Crippen LogP contribution in [0.2, 0.25) is 0 Å². The SMILES string of the molecule is CC(C)c1noc(CCCNC(=O)c2nn(-c3ccccc3)c3c2CCCCC3)n1. The summed E-state index contributed by atoms with van der Waals surface area (Å²) in [4.78, 5) is 17.3. The van der Waals surface area contributed by atoms with Crippen molar-refractivity contribution in [2.45, 2.75) is 64.7 Å². The molecule has 2 aromatic heterocycles. The first-order valence-electron chi connectivity index (χ1n) is 10.9. The Morgan fingerprint density at radius 1 is 1.17 bits per heavy atom. The predicted octanol–water partition coefficient (Wildman–Crippen LogP) is 4.01. The molecule has 0 unspecified atom stereocenters. The first kappa shape index (κ1) is 20.3. The van der Waals surface area contributed by atoms with Gasteiger partial charge in [-0.25, -0.2) is 4.68 Å². The number of fused-ring (bicyclic) bond motifs is 1. The number of carbonyl (C=O) groups excluding carboxylic acids is 1. The van der Waals surface area contributed by atoms with Gasteiger partial charge in [0.2, 0.25) is 5.89 Å². The van der Waals surface area contributed by atoms with Crippen LogP contribution in [0, 0.1) is 0 Å². The van der Waals surface area contributed by atoms with Crippen LogP contribution >= 0.6 is 0 Å². The molecule has 1 N–H and O–H groups in total. The maximum absolute atomic E-state index is 12.9. The quantitative estimate of drug-likeness (QED) is 0.472. The van der Waals surface area contributed by atoms with E-state index in [1.54, 1.807) is 0 Å². The molecule has 7 nitrogen and oxygen atoms in total. The monoisotopic (exact) mass is 407 g/mol. The number of amides is 1. The molecule has 0 saturated heterocycles. The number of hydrogen-bond donors (Lipinski definition) is 1. The Kier molecular flexibility index (Phi) is 6.26. The molecular formula is C23H29N5O2. The number of carbonyl (C=O) groups is 1. The summed E-state index contributed by atoms with van der Waals surface area (Å²) in [6, 6.07) is 10.1. The summed E-state index contributed by atoms with van der Waals surface area (Å²) in [5, 5.41) is 11.7. The summed E-state index contributed by atoms with van der Waals surface area (Å²) in [5.74, 6) is 1.49. The van der Waals surface area contributed by atoms with Gasteiger partial charge in [0.1, 0.15) is 0 Å². The highest BCUT2D eigenvalue weighted by Gasteiger charge is 2.24. The topological polar surface area (TPSA) is 85.8 Å². The molecule has 1 aliphatic rings. The number of nitrogens with one attached hydrogen (secondary N) is 1. The van der Waals surface area contributed by atoms with Gasteiger partial charge in [0.25, 0.3) is 5.91 Å². The highest BCUT2D eigenvalue weighted by atomic mass is 16.5. The third-order valence-electron chi connectivity index (χ3n) is 5.50. The fourth-order valence-electron chi connectivity index (χ4n) is 3.87. The normalized spacial score (nSPS) is 13.8. The molecule has 0 aliphatic heterocycles. The van der Waals surface area contributed by atoms with E-state index in [0.717, 1.165) is 49.2 Å². The molecular weight excluding hydrogens is 378 g/mol. The van der Waals surface area contributed by atoms with Gasteiger partial charge in [-0.15, -0.1) is 0 Å². The Labute approximate surface area is 176 Å². The van der Waals surface area contributed by atoms with Crippen LogP contribution in [0.4, 0.5) is 0 Å². The molecule has 0 saturated carbocycles. The number of aromatic nitrogens is 4. The Hall–Kier alpha value is -2.96. The van der Waals surface area contributed by atoms with E-state index in [9.17, 15) is 4.79 Å². The van der Waals surface area contributed by atoms with E-state index in [0.29, 0.717) is 24.6 Å². The van der Waals surface area contributed by atoms with Crippen molar-refractivity contribution in [1.82, 2.24) is 25.2 Å². The molecule has 158 valence electrons. The number of aryl methyl sites for hydroxylation is 1. The molecule has 4 rings (SSSR count). The molecule has 0 fully saturated rings. The van der Waals surface area contributed by atoms with Crippen molar-refractivity contribution >= 4 is 5.91 Å². The fraction of sp³-hybridized carbons (Fsp3) is 0.478. The van der Waals surface area contributed by atoms with Crippen LogP contribution in [0.15, 0.2) is 34.9 Å². The number of para-hydroxylation sites is 1. The molecule has 1 aliphatic carbocycles. The highest BCUT2D eigenvalue weighted by molar-refractivity contribution is 5.94. The first-order valence-corrected chi connectivity index (χ1v) is 10.9. The summed E-state index contributed by atoms with van der Waals surface area (Å²) in [5.41, 5.74) is 3.85. The van der Waals surface area contributed by atoms with Crippen LogP contribution < -0.4 is 5.32 Å². The van der Waals surface area contributed by atoms with Gasteiger partial charge in [-0.05, 0) is 44.2 Å². The summed E-state index contributed by atoms with van der Waals surface area (Å²) in [7, 11) is 0. The minimum Gasteiger partial charge on any atom is -0.351 e. The number of benzene rings is 1. The van der Waals surface area contributed by atoms with Gasteiger partial charge in [-0.2, -0.15) is 10.1 Å². The van der Waals surface area contributed by atoms with E-state index in [-0.39, 0.29) is 11.8 Å². The minimum absolute atomic E-state index is 0.101. The van der Waals surface area contributed by atoms with Gasteiger partial charge in [0.15, 0.2) is 11.5 Å². The lowest BCUT2D eigenvalue weighted by Gasteiger charge is -2.06. The molecule has 0 bridgehead atoms. The van der Waals surface area contributed by atoms with E-state index in [1.165, 1.54) is 12.1 Å². The van der Waals surface area contributed by atoms with E-state index < -0.39 is 0 Å². The second kappa shape index (κ2) is 9.24. The maximum Gasteiger partial charge on any atom is 0.272 e. The third-order valence-corrected chi connectivity index (χ3v) is 5.50. The van der Waals surface area contributed by atoms with Crippen molar-refractivity contribution in [3.8, 4) is 5.69 Å². The van der Waals surface area contributed by atoms with Gasteiger partial charge >= 0.3 is 0 Å². The van der Waals surface area contributed by atoms with Gasteiger partial charge in [0.05, 0.1) is 5.69 Å². The van der Waals surface area contributed by atoms with E-state index in [1.807, 2.05) is 48.9 Å². The summed E-state index contributed by atoms with van der Waals surface area (Å²) in [6.07, 6.45) is 6.68. The van der Waals surface area contributed by atoms with Gasteiger partial charge in [0, 0.05) is 30.1 Å². The smallest absolute Gasteiger partial charge is 0.272 e. The standard InChI is InChI=1S/C23H29N5O2/c1-16(2)22-25-20(30-27-22)14-9-15-24-23(29)21-18-12-7-4-8-13-19(18)28(26-21)17-10-5-3-6-11-17/h3,5-6,10-11,16H,4,7-9,12-15H2,1-2H3,(H,24,29). The van der Waals surface area contributed by atoms with E-state index in [4.69, 9.17) is 9.62 Å². The number of hydrogen-bond acceptors (Lipinski definition) is 5. The molecule has 0 radical (unpaired) electrons. The lowest BCUT2D eigenvalue weighted by atomic mass is 10.1. The summed E-state index contributed by atoms with van der Waals surface area (Å²) >= 11 is 0. The molecule has 0 atom stereocenters. The van der Waals surface area contributed by atoms with Crippen molar-refractivity contribution < 1.29 is 9.32 Å². The van der Waals surface area contributed by atoms with Crippen LogP contribution in [0.5, 0.6) is 0 Å². The molecule has 30 heavy (non-hydrogen) atoms. The van der Waals surface area contributed by atoms with Gasteiger partial charge < -0.3 is 9.84 Å². The minimum atomic E-state index is -0.101. The second-order valence-corrected chi connectivity index (χ2v) is 8.14. The zero-order valence-electron chi connectivity index (χ0n) is 17.7. The summed E-state index contributed by atoms with van der Waals surface area (Å²) in [6.45, 7) is 4.61. The average Bonchev–Trinajstić information content (AvgIpc) is 3.30. The molecule has 0 spiro atoms. The van der Waals surface area contributed by atoms with Crippen LogP contribution in [-0.2, 0) is 19.3 Å². The Morgan fingerprint density at radius 2 is 1.97 bits per heavy atom. The molecule has 7 heteroatoms. The molecule has 3 aromatic rings. The van der Waals surface area contributed by atoms with Crippen molar-refractivity contribution in [1.29, 1.82) is 0 Å². The van der Waals surface area contributed by atoms with Crippen molar-refractivity contribution in [3.63, 3.8) is 0 Å². The second-order valence-electron chi connectivity index (χ2n) is 8.14. The lowest BCUT2D eigenvalue weighted by molar-refractivity contribution is 0.0946. The zero-order valence-corrected chi connectivity index (χ0v) is 17.7. The van der Waals surface area contributed by atoms with Crippen LogP contribution in [-0.4, -0.2) is 32.4 Å². The van der Waals surface area contributed by atoms with Crippen LogP contribution in [0.3, 0.4) is 0 Å². The van der Waals surface area contributed by atoms with Crippen LogP contribution in [0.1, 0.15) is 78.9 Å². The highest BCUT2D eigenvalue weighted by Crippen LogP contribution is 2.26. The van der Waals surface area contributed by atoms with Gasteiger partial charge in [-0.1, -0.05) is 43.6 Å². The maximum atomic E-state index is 12.9.